The van der Waals surface area contributed by atoms with Gasteiger partial charge in [0.1, 0.15) is 0 Å². The molecule has 0 bridgehead atoms. The lowest BCUT2D eigenvalue weighted by Crippen LogP contribution is -2.31. The van der Waals surface area contributed by atoms with Crippen LogP contribution in [0, 0.1) is 10.1 Å². The lowest BCUT2D eigenvalue weighted by Gasteiger charge is -2.25. The molecule has 0 saturated heterocycles. The van der Waals surface area contributed by atoms with Gasteiger partial charge >= 0.3 is 0 Å². The molecule has 0 N–H and O–H groups in total. The second-order valence-corrected chi connectivity index (χ2v) is 5.71. The Balaban J connectivity index is 2.14. The molecule has 0 aliphatic heterocycles. The van der Waals surface area contributed by atoms with Gasteiger partial charge in [0, 0.05) is 24.2 Å². The van der Waals surface area contributed by atoms with Gasteiger partial charge in [-0.15, -0.1) is 0 Å². The molecule has 0 fully saturated rings. The van der Waals surface area contributed by atoms with Gasteiger partial charge in [-0.1, -0.05) is 41.9 Å². The summed E-state index contributed by atoms with van der Waals surface area (Å²) in [6.07, 6.45) is 0.190. The molecule has 2 aromatic rings. The molecule has 2 rings (SSSR count). The number of benzene rings is 2. The first-order valence-electron chi connectivity index (χ1n) is 7.13. The predicted molar refractivity (Wildman–Crippen MR) is 89.4 cm³/mol. The molecule has 5 nitrogen and oxygen atoms in total. The molecule has 2 aromatic carbocycles. The van der Waals surface area contributed by atoms with E-state index in [9.17, 15) is 14.9 Å². The zero-order valence-electron chi connectivity index (χ0n) is 12.9. The van der Waals surface area contributed by atoms with Crippen molar-refractivity contribution in [2.75, 3.05) is 7.05 Å². The molecule has 0 heterocycles. The maximum Gasteiger partial charge on any atom is 0.269 e. The van der Waals surface area contributed by atoms with Crippen molar-refractivity contribution in [3.63, 3.8) is 0 Å². The summed E-state index contributed by atoms with van der Waals surface area (Å²) in [5.41, 5.74) is 1.49. The number of carbonyl (C=O) groups is 1. The number of non-ortho nitro benzene ring substituents is 1. The summed E-state index contributed by atoms with van der Waals surface area (Å²) in [5.74, 6) is -0.0999. The molecule has 0 aliphatic rings. The van der Waals surface area contributed by atoms with E-state index in [0.29, 0.717) is 10.6 Å². The molecule has 0 unspecified atom stereocenters. The summed E-state index contributed by atoms with van der Waals surface area (Å²) in [7, 11) is 1.68. The second kappa shape index (κ2) is 7.24. The molecule has 1 atom stereocenters. The lowest BCUT2D eigenvalue weighted by molar-refractivity contribution is -0.384. The number of likely N-dealkylation sites (N-methyl/N-ethyl adjacent to an activating group) is 1. The maximum absolute atomic E-state index is 12.4. The summed E-state index contributed by atoms with van der Waals surface area (Å²) in [4.78, 5) is 24.4. The molecule has 0 radical (unpaired) electrons. The highest BCUT2D eigenvalue weighted by molar-refractivity contribution is 6.31. The summed E-state index contributed by atoms with van der Waals surface area (Å²) in [6.45, 7) is 1.84. The molecule has 1 amide bonds. The zero-order chi connectivity index (χ0) is 17.0. The Bertz CT molecular complexity index is 733. The Morgan fingerprint density at radius 3 is 2.61 bits per heavy atom. The van der Waals surface area contributed by atoms with E-state index in [1.165, 1.54) is 12.1 Å². The fourth-order valence-corrected chi connectivity index (χ4v) is 2.47. The third-order valence-corrected chi connectivity index (χ3v) is 4.21. The van der Waals surface area contributed by atoms with Crippen molar-refractivity contribution in [1.29, 1.82) is 0 Å². The second-order valence-electron chi connectivity index (χ2n) is 5.30. The number of carbonyl (C=O) groups excluding carboxylic acids is 1. The van der Waals surface area contributed by atoms with Crippen LogP contribution in [0.25, 0.3) is 0 Å². The summed E-state index contributed by atoms with van der Waals surface area (Å²) in [6, 6.07) is 13.2. The third kappa shape index (κ3) is 4.07. The van der Waals surface area contributed by atoms with E-state index in [1.54, 1.807) is 30.1 Å². The summed E-state index contributed by atoms with van der Waals surface area (Å²) < 4.78 is 0. The van der Waals surface area contributed by atoms with Crippen molar-refractivity contribution in [3.05, 3.63) is 74.8 Å². The van der Waals surface area contributed by atoms with Gasteiger partial charge in [0.2, 0.25) is 5.91 Å². The van der Waals surface area contributed by atoms with Crippen molar-refractivity contribution in [3.8, 4) is 0 Å². The van der Waals surface area contributed by atoms with Crippen molar-refractivity contribution >= 4 is 23.2 Å². The van der Waals surface area contributed by atoms with Gasteiger partial charge in [-0.2, -0.15) is 0 Å². The molecule has 23 heavy (non-hydrogen) atoms. The minimum absolute atomic E-state index is 0.0151. The van der Waals surface area contributed by atoms with E-state index in [0.717, 1.165) is 5.56 Å². The van der Waals surface area contributed by atoms with Gasteiger partial charge in [0.05, 0.1) is 17.4 Å². The summed E-state index contributed by atoms with van der Waals surface area (Å²) >= 11 is 6.08. The van der Waals surface area contributed by atoms with E-state index < -0.39 is 4.92 Å². The first kappa shape index (κ1) is 17.0. The first-order chi connectivity index (χ1) is 10.9. The number of nitrogens with zero attached hydrogens (tertiary/aromatic N) is 2. The van der Waals surface area contributed by atoms with Crippen molar-refractivity contribution in [1.82, 2.24) is 4.90 Å². The highest BCUT2D eigenvalue weighted by Crippen LogP contribution is 2.24. The number of hydrogen-bond acceptors (Lipinski definition) is 3. The average Bonchev–Trinajstić information content (AvgIpc) is 2.55. The van der Waals surface area contributed by atoms with Crippen molar-refractivity contribution in [2.24, 2.45) is 0 Å². The van der Waals surface area contributed by atoms with Crippen LogP contribution in [0.15, 0.2) is 48.5 Å². The van der Waals surface area contributed by atoms with Crippen LogP contribution in [-0.2, 0) is 11.2 Å². The first-order valence-corrected chi connectivity index (χ1v) is 7.51. The molecule has 0 aliphatic carbocycles. The summed E-state index contributed by atoms with van der Waals surface area (Å²) in [5, 5.41) is 11.4. The number of nitro groups is 1. The molecule has 120 valence electrons. The van der Waals surface area contributed by atoms with E-state index >= 15 is 0 Å². The lowest BCUT2D eigenvalue weighted by atomic mass is 10.1. The Labute approximate surface area is 139 Å². The fourth-order valence-electron chi connectivity index (χ4n) is 2.27. The quantitative estimate of drug-likeness (QED) is 0.614. The molecular formula is C17H17ClN2O3. The van der Waals surface area contributed by atoms with E-state index in [4.69, 9.17) is 11.6 Å². The third-order valence-electron chi connectivity index (χ3n) is 3.84. The average molecular weight is 333 g/mol. The maximum atomic E-state index is 12.4. The zero-order valence-corrected chi connectivity index (χ0v) is 13.7. The largest absolute Gasteiger partial charge is 0.339 e. The van der Waals surface area contributed by atoms with Crippen molar-refractivity contribution < 1.29 is 9.72 Å². The van der Waals surface area contributed by atoms with Gasteiger partial charge in [-0.05, 0) is 24.1 Å². The highest BCUT2D eigenvalue weighted by atomic mass is 35.5. The van der Waals surface area contributed by atoms with E-state index in [2.05, 4.69) is 0 Å². The number of amides is 1. The number of nitro benzene ring substituents is 1. The highest BCUT2D eigenvalue weighted by Gasteiger charge is 2.20. The van der Waals surface area contributed by atoms with E-state index in [-0.39, 0.29) is 24.1 Å². The number of hydrogen-bond donors (Lipinski definition) is 0. The van der Waals surface area contributed by atoms with Gasteiger partial charge in [0.25, 0.3) is 5.69 Å². The van der Waals surface area contributed by atoms with Crippen LogP contribution in [-0.4, -0.2) is 22.8 Å². The minimum Gasteiger partial charge on any atom is -0.339 e. The number of halogens is 1. The van der Waals surface area contributed by atoms with Crippen LogP contribution < -0.4 is 0 Å². The molecule has 0 saturated carbocycles. The predicted octanol–water partition coefficient (Wildman–Crippen LogP) is 4.01. The van der Waals surface area contributed by atoms with Crippen LogP contribution in [0.5, 0.6) is 0 Å². The smallest absolute Gasteiger partial charge is 0.269 e. The number of rotatable bonds is 5. The van der Waals surface area contributed by atoms with Crippen LogP contribution in [0.1, 0.15) is 24.1 Å². The Morgan fingerprint density at radius 2 is 1.96 bits per heavy atom. The Morgan fingerprint density at radius 1 is 1.26 bits per heavy atom. The SMILES string of the molecule is C[C@@H](c1cccc([N+](=O)[O-])c1)N(C)C(=O)Cc1ccccc1Cl. The minimum atomic E-state index is -0.443. The monoisotopic (exact) mass is 332 g/mol. The standard InChI is InChI=1S/C17H17ClN2O3/c1-12(13-7-5-8-15(10-13)20(22)23)19(2)17(21)11-14-6-3-4-9-16(14)18/h3-10,12H,11H2,1-2H3/t12-/m0/s1. The van der Waals surface area contributed by atoms with Crippen LogP contribution in [0.3, 0.4) is 0 Å². The Kier molecular flexibility index (Phi) is 5.34. The van der Waals surface area contributed by atoms with Crippen LogP contribution in [0.4, 0.5) is 5.69 Å². The fraction of sp³-hybridized carbons (Fsp3) is 0.235. The molecule has 0 spiro atoms. The Hall–Kier alpha value is -2.40. The van der Waals surface area contributed by atoms with E-state index in [1.807, 2.05) is 25.1 Å². The van der Waals surface area contributed by atoms with Gasteiger partial charge in [-0.25, -0.2) is 0 Å². The van der Waals surface area contributed by atoms with Gasteiger partial charge in [-0.3, -0.25) is 14.9 Å². The van der Waals surface area contributed by atoms with Gasteiger partial charge < -0.3 is 4.90 Å². The normalized spacial score (nSPS) is 11.8. The topological polar surface area (TPSA) is 63.5 Å². The molecule has 6 heteroatoms. The molecule has 0 aromatic heterocycles. The van der Waals surface area contributed by atoms with Gasteiger partial charge in [0.15, 0.2) is 0 Å². The van der Waals surface area contributed by atoms with Crippen LogP contribution in [0.2, 0.25) is 5.02 Å². The van der Waals surface area contributed by atoms with Crippen molar-refractivity contribution in [2.45, 2.75) is 19.4 Å². The van der Waals surface area contributed by atoms with Crippen LogP contribution >= 0.6 is 11.6 Å². The molecular weight excluding hydrogens is 316 g/mol.